The number of hydrogen-bond acceptors (Lipinski definition) is 3. The molecule has 0 saturated heterocycles. The van der Waals surface area contributed by atoms with E-state index in [0.29, 0.717) is 10.0 Å². The van der Waals surface area contributed by atoms with Crippen molar-refractivity contribution in [2.75, 3.05) is 0 Å². The number of rotatable bonds is 2. The molecule has 7 heteroatoms. The van der Waals surface area contributed by atoms with Gasteiger partial charge in [0.25, 0.3) is 5.91 Å². The normalized spacial score (nSPS) is 11.5. The van der Waals surface area contributed by atoms with Crippen LogP contribution in [0.25, 0.3) is 10.9 Å². The predicted octanol–water partition coefficient (Wildman–Crippen LogP) is 5.64. The molecule has 1 heterocycles. The van der Waals surface area contributed by atoms with Crippen molar-refractivity contribution in [3.8, 4) is 5.88 Å². The van der Waals surface area contributed by atoms with E-state index in [9.17, 15) is 9.90 Å². The zero-order valence-electron chi connectivity index (χ0n) is 12.9. The molecular weight excluding hydrogens is 438 g/mol. The van der Waals surface area contributed by atoms with E-state index < -0.39 is 5.91 Å². The summed E-state index contributed by atoms with van der Waals surface area (Å²) < 4.78 is 3.10. The van der Waals surface area contributed by atoms with Crippen molar-refractivity contribution in [3.05, 3.63) is 56.5 Å². The zero-order valence-corrected chi connectivity index (χ0v) is 16.1. The minimum Gasteiger partial charge on any atom is -0.493 e. The van der Waals surface area contributed by atoms with Gasteiger partial charge in [-0.3, -0.25) is 4.79 Å². The van der Waals surface area contributed by atoms with Crippen LogP contribution < -0.4 is 0 Å². The van der Waals surface area contributed by atoms with Gasteiger partial charge in [0.15, 0.2) is 5.69 Å². The lowest BCUT2D eigenvalue weighted by atomic mass is 10.1. The van der Waals surface area contributed by atoms with Crippen LogP contribution in [-0.2, 0) is 7.05 Å². The molecule has 1 N–H and O–H groups in total. The smallest absolute Gasteiger partial charge is 0.296 e. The Hall–Kier alpha value is -1.99. The largest absolute Gasteiger partial charge is 0.493 e. The predicted molar refractivity (Wildman–Crippen MR) is 100 cm³/mol. The SMILES string of the molecule is Cc1cc(Br)c2c(c1)c(N=NC(=O)c1ccccc1Br)c(O)n2C. The van der Waals surface area contributed by atoms with Gasteiger partial charge < -0.3 is 9.67 Å². The second kappa shape index (κ2) is 6.49. The Kier molecular flexibility index (Phi) is 4.56. The van der Waals surface area contributed by atoms with E-state index in [1.165, 1.54) is 0 Å². The Balaban J connectivity index is 2.09. The van der Waals surface area contributed by atoms with Gasteiger partial charge >= 0.3 is 0 Å². The molecule has 0 aliphatic carbocycles. The third kappa shape index (κ3) is 2.89. The van der Waals surface area contributed by atoms with E-state index >= 15 is 0 Å². The fourth-order valence-electron chi connectivity index (χ4n) is 2.52. The number of hydrogen-bond donors (Lipinski definition) is 1. The fraction of sp³-hybridized carbons (Fsp3) is 0.118. The van der Waals surface area contributed by atoms with Crippen LogP contribution in [0, 0.1) is 6.92 Å². The number of carbonyl (C=O) groups is 1. The first kappa shape index (κ1) is 16.9. The molecule has 5 nitrogen and oxygen atoms in total. The van der Waals surface area contributed by atoms with Gasteiger partial charge in [-0.05, 0) is 68.6 Å². The van der Waals surface area contributed by atoms with Gasteiger partial charge in [-0.25, -0.2) is 0 Å². The van der Waals surface area contributed by atoms with Crippen molar-refractivity contribution in [3.63, 3.8) is 0 Å². The van der Waals surface area contributed by atoms with Gasteiger partial charge in [0.1, 0.15) is 0 Å². The summed E-state index contributed by atoms with van der Waals surface area (Å²) in [5.41, 5.74) is 2.49. The highest BCUT2D eigenvalue weighted by Gasteiger charge is 2.18. The number of azo groups is 1. The second-order valence-corrected chi connectivity index (χ2v) is 7.07. The van der Waals surface area contributed by atoms with Gasteiger partial charge in [-0.15, -0.1) is 10.2 Å². The Morgan fingerprint density at radius 3 is 2.58 bits per heavy atom. The van der Waals surface area contributed by atoms with E-state index in [1.54, 1.807) is 29.8 Å². The number of fused-ring (bicyclic) bond motifs is 1. The summed E-state index contributed by atoms with van der Waals surface area (Å²) in [5.74, 6) is -0.523. The average Bonchev–Trinajstić information content (AvgIpc) is 2.77. The Labute approximate surface area is 155 Å². The maximum absolute atomic E-state index is 12.2. The van der Waals surface area contributed by atoms with Crippen molar-refractivity contribution in [2.45, 2.75) is 6.92 Å². The summed E-state index contributed by atoms with van der Waals surface area (Å²) in [4.78, 5) is 12.2. The van der Waals surface area contributed by atoms with Crippen molar-refractivity contribution >= 4 is 54.4 Å². The highest BCUT2D eigenvalue weighted by atomic mass is 79.9. The molecule has 3 aromatic rings. The summed E-state index contributed by atoms with van der Waals surface area (Å²) >= 11 is 6.81. The molecule has 0 aliphatic heterocycles. The molecule has 0 fully saturated rings. The lowest BCUT2D eigenvalue weighted by molar-refractivity contribution is 0.0994. The number of nitrogens with zero attached hydrogens (tertiary/aromatic N) is 3. The van der Waals surface area contributed by atoms with Crippen LogP contribution in [0.3, 0.4) is 0 Å². The maximum Gasteiger partial charge on any atom is 0.296 e. The van der Waals surface area contributed by atoms with E-state index in [2.05, 4.69) is 42.1 Å². The fourth-order valence-corrected chi connectivity index (χ4v) is 3.82. The molecule has 24 heavy (non-hydrogen) atoms. The molecule has 1 aromatic heterocycles. The lowest BCUT2D eigenvalue weighted by Crippen LogP contribution is -1.94. The van der Waals surface area contributed by atoms with Crippen molar-refractivity contribution in [1.82, 2.24) is 4.57 Å². The standard InChI is InChI=1S/C17H13Br2N3O2/c1-9-7-11-14(17(24)22(2)15(11)13(19)8-9)20-21-16(23)10-5-3-4-6-12(10)18/h3-8,24H,1-2H3. The first-order valence-corrected chi connectivity index (χ1v) is 8.67. The third-order valence-electron chi connectivity index (χ3n) is 3.67. The summed E-state index contributed by atoms with van der Waals surface area (Å²) in [6.45, 7) is 1.95. The van der Waals surface area contributed by atoms with Crippen LogP contribution in [0.1, 0.15) is 15.9 Å². The monoisotopic (exact) mass is 449 g/mol. The van der Waals surface area contributed by atoms with E-state index in [-0.39, 0.29) is 11.6 Å². The van der Waals surface area contributed by atoms with Gasteiger partial charge in [0.05, 0.1) is 11.1 Å². The lowest BCUT2D eigenvalue weighted by Gasteiger charge is -2.01. The van der Waals surface area contributed by atoms with Gasteiger partial charge in [-0.1, -0.05) is 12.1 Å². The quantitative estimate of drug-likeness (QED) is 0.513. The third-order valence-corrected chi connectivity index (χ3v) is 4.97. The Morgan fingerprint density at radius 1 is 1.17 bits per heavy atom. The van der Waals surface area contributed by atoms with Crippen molar-refractivity contribution in [1.29, 1.82) is 0 Å². The van der Waals surface area contributed by atoms with Crippen molar-refractivity contribution < 1.29 is 9.90 Å². The molecule has 0 unspecified atom stereocenters. The number of amides is 1. The topological polar surface area (TPSA) is 66.9 Å². The van der Waals surface area contributed by atoms with Crippen LogP contribution in [0.2, 0.25) is 0 Å². The highest BCUT2D eigenvalue weighted by Crippen LogP contribution is 2.41. The molecule has 0 aliphatic rings. The van der Waals surface area contributed by atoms with Gasteiger partial charge in [-0.2, -0.15) is 0 Å². The molecule has 0 radical (unpaired) electrons. The maximum atomic E-state index is 12.2. The second-order valence-electron chi connectivity index (χ2n) is 5.36. The summed E-state index contributed by atoms with van der Waals surface area (Å²) in [5, 5.41) is 18.9. The number of aryl methyl sites for hydroxylation is 2. The minimum atomic E-state index is -0.481. The zero-order chi connectivity index (χ0) is 17.4. The Morgan fingerprint density at radius 2 is 1.88 bits per heavy atom. The number of aromatic nitrogens is 1. The van der Waals surface area contributed by atoms with E-state index in [1.807, 2.05) is 25.1 Å². The van der Waals surface area contributed by atoms with Gasteiger partial charge in [0, 0.05) is 21.4 Å². The highest BCUT2D eigenvalue weighted by molar-refractivity contribution is 9.11. The number of benzene rings is 2. The summed E-state index contributed by atoms with van der Waals surface area (Å²) in [7, 11) is 1.73. The van der Waals surface area contributed by atoms with Gasteiger partial charge in [0.2, 0.25) is 5.88 Å². The molecule has 3 rings (SSSR count). The van der Waals surface area contributed by atoms with Crippen LogP contribution in [0.15, 0.2) is 55.6 Å². The number of halogens is 2. The van der Waals surface area contributed by atoms with Crippen LogP contribution >= 0.6 is 31.9 Å². The number of aromatic hydroxyl groups is 1. The molecule has 1 amide bonds. The molecule has 2 aromatic carbocycles. The first-order valence-electron chi connectivity index (χ1n) is 7.08. The first-order chi connectivity index (χ1) is 11.4. The molecule has 0 atom stereocenters. The van der Waals surface area contributed by atoms with Crippen LogP contribution in [0.5, 0.6) is 5.88 Å². The summed E-state index contributed by atoms with van der Waals surface area (Å²) in [6, 6.07) is 10.8. The number of carbonyl (C=O) groups excluding carboxylic acids is 1. The Bertz CT molecular complexity index is 993. The average molecular weight is 451 g/mol. The van der Waals surface area contributed by atoms with E-state index in [0.717, 1.165) is 20.9 Å². The minimum absolute atomic E-state index is 0.0417. The summed E-state index contributed by atoms with van der Waals surface area (Å²) in [6.07, 6.45) is 0. The molecule has 0 spiro atoms. The van der Waals surface area contributed by atoms with E-state index in [4.69, 9.17) is 0 Å². The molecule has 0 saturated carbocycles. The van der Waals surface area contributed by atoms with Crippen molar-refractivity contribution in [2.24, 2.45) is 17.3 Å². The molecule has 0 bridgehead atoms. The molecule has 122 valence electrons. The van der Waals surface area contributed by atoms with Crippen LogP contribution in [-0.4, -0.2) is 15.6 Å². The van der Waals surface area contributed by atoms with Crippen LogP contribution in [0.4, 0.5) is 5.69 Å². The molecular formula is C17H13Br2N3O2.